The maximum absolute atomic E-state index is 13.5. The first-order chi connectivity index (χ1) is 7.39. The summed E-state index contributed by atoms with van der Waals surface area (Å²) in [4.78, 5) is 3.92. The number of rotatable bonds is 4. The zero-order chi connectivity index (χ0) is 12.3. The highest BCUT2D eigenvalue weighted by Crippen LogP contribution is 2.23. The highest BCUT2D eigenvalue weighted by molar-refractivity contribution is 6.30. The fraction of sp³-hybridized carbons (Fsp3) is 0.545. The Morgan fingerprint density at radius 1 is 1.62 bits per heavy atom. The fourth-order valence-corrected chi connectivity index (χ4v) is 1.35. The van der Waals surface area contributed by atoms with E-state index in [-0.39, 0.29) is 22.3 Å². The first-order valence-corrected chi connectivity index (χ1v) is 5.56. The molecule has 1 aromatic rings. The lowest BCUT2D eigenvalue weighted by Crippen LogP contribution is -2.47. The standard InChI is InChI=1S/C11H17ClFN3/c1-7(2)11(3,6-14)16-10-9(13)4-8(12)5-15-10/h4-5,7H,6,14H2,1-3H3,(H,15,16). The molecule has 0 fully saturated rings. The molecule has 16 heavy (non-hydrogen) atoms. The number of nitrogens with two attached hydrogens (primary N) is 1. The number of anilines is 1. The second kappa shape index (κ2) is 4.97. The van der Waals surface area contributed by atoms with E-state index in [9.17, 15) is 4.39 Å². The van der Waals surface area contributed by atoms with Gasteiger partial charge >= 0.3 is 0 Å². The summed E-state index contributed by atoms with van der Waals surface area (Å²) < 4.78 is 13.5. The van der Waals surface area contributed by atoms with E-state index < -0.39 is 5.82 Å². The summed E-state index contributed by atoms with van der Waals surface area (Å²) >= 11 is 5.63. The van der Waals surface area contributed by atoms with E-state index >= 15 is 0 Å². The number of halogens is 2. The van der Waals surface area contributed by atoms with E-state index in [0.717, 1.165) is 0 Å². The number of nitrogens with one attached hydrogen (secondary N) is 1. The first-order valence-electron chi connectivity index (χ1n) is 5.18. The van der Waals surface area contributed by atoms with Crippen LogP contribution in [0.2, 0.25) is 5.02 Å². The van der Waals surface area contributed by atoms with Crippen LogP contribution in [0.4, 0.5) is 10.2 Å². The average Bonchev–Trinajstić information content (AvgIpc) is 2.22. The Hall–Kier alpha value is -0.870. The Labute approximate surface area is 100 Å². The van der Waals surface area contributed by atoms with Crippen molar-refractivity contribution in [2.75, 3.05) is 11.9 Å². The maximum atomic E-state index is 13.5. The molecule has 3 N–H and O–H groups in total. The smallest absolute Gasteiger partial charge is 0.166 e. The minimum absolute atomic E-state index is 0.186. The molecule has 1 rings (SSSR count). The number of pyridine rings is 1. The van der Waals surface area contributed by atoms with Crippen molar-refractivity contribution in [2.24, 2.45) is 11.7 Å². The highest BCUT2D eigenvalue weighted by atomic mass is 35.5. The van der Waals surface area contributed by atoms with Crippen molar-refractivity contribution in [1.29, 1.82) is 0 Å². The summed E-state index contributed by atoms with van der Waals surface area (Å²) in [5, 5.41) is 3.31. The van der Waals surface area contributed by atoms with Gasteiger partial charge in [-0.3, -0.25) is 0 Å². The molecule has 1 heterocycles. The van der Waals surface area contributed by atoms with Crippen LogP contribution in [-0.4, -0.2) is 17.1 Å². The molecule has 0 amide bonds. The summed E-state index contributed by atoms with van der Waals surface area (Å²) in [6.45, 7) is 6.38. The van der Waals surface area contributed by atoms with Gasteiger partial charge in [-0.05, 0) is 18.9 Å². The summed E-state index contributed by atoms with van der Waals surface area (Å²) in [5.74, 6) is -0.0201. The summed E-state index contributed by atoms with van der Waals surface area (Å²) in [6, 6.07) is 1.23. The van der Waals surface area contributed by atoms with Gasteiger partial charge in [0, 0.05) is 12.7 Å². The maximum Gasteiger partial charge on any atom is 0.166 e. The van der Waals surface area contributed by atoms with Crippen LogP contribution in [-0.2, 0) is 0 Å². The van der Waals surface area contributed by atoms with Gasteiger partial charge in [-0.2, -0.15) is 0 Å². The van der Waals surface area contributed by atoms with Crippen LogP contribution >= 0.6 is 11.6 Å². The summed E-state index contributed by atoms with van der Waals surface area (Å²) in [6.07, 6.45) is 1.41. The van der Waals surface area contributed by atoms with Crippen molar-refractivity contribution in [3.8, 4) is 0 Å². The molecule has 0 aromatic carbocycles. The van der Waals surface area contributed by atoms with Gasteiger partial charge in [-0.1, -0.05) is 25.4 Å². The van der Waals surface area contributed by atoms with Crippen LogP contribution in [0.25, 0.3) is 0 Å². The van der Waals surface area contributed by atoms with Crippen molar-refractivity contribution in [1.82, 2.24) is 4.98 Å². The second-order valence-electron chi connectivity index (χ2n) is 4.39. The zero-order valence-corrected chi connectivity index (χ0v) is 10.5. The van der Waals surface area contributed by atoms with Gasteiger partial charge in [0.25, 0.3) is 0 Å². The summed E-state index contributed by atoms with van der Waals surface area (Å²) in [7, 11) is 0. The molecule has 0 aliphatic rings. The van der Waals surface area contributed by atoms with E-state index in [4.69, 9.17) is 17.3 Å². The molecule has 0 bridgehead atoms. The van der Waals surface area contributed by atoms with Crippen molar-refractivity contribution < 1.29 is 4.39 Å². The van der Waals surface area contributed by atoms with Crippen LogP contribution in [0.5, 0.6) is 0 Å². The largest absolute Gasteiger partial charge is 0.361 e. The van der Waals surface area contributed by atoms with Gasteiger partial charge in [0.2, 0.25) is 0 Å². The lowest BCUT2D eigenvalue weighted by molar-refractivity contribution is 0.379. The molecule has 0 saturated carbocycles. The normalized spacial score (nSPS) is 14.9. The Kier molecular flexibility index (Phi) is 4.10. The molecule has 0 aliphatic carbocycles. The van der Waals surface area contributed by atoms with Crippen molar-refractivity contribution >= 4 is 17.4 Å². The number of aromatic nitrogens is 1. The van der Waals surface area contributed by atoms with Gasteiger partial charge in [0.15, 0.2) is 11.6 Å². The van der Waals surface area contributed by atoms with E-state index in [1.54, 1.807) is 0 Å². The van der Waals surface area contributed by atoms with Gasteiger partial charge < -0.3 is 11.1 Å². The summed E-state index contributed by atoms with van der Waals surface area (Å²) in [5.41, 5.74) is 5.31. The van der Waals surface area contributed by atoms with Crippen LogP contribution in [0.1, 0.15) is 20.8 Å². The van der Waals surface area contributed by atoms with E-state index in [2.05, 4.69) is 10.3 Å². The third kappa shape index (κ3) is 2.83. The molecule has 0 saturated heterocycles. The van der Waals surface area contributed by atoms with Crippen LogP contribution in [0, 0.1) is 11.7 Å². The van der Waals surface area contributed by atoms with Gasteiger partial charge in [-0.15, -0.1) is 0 Å². The SMILES string of the molecule is CC(C)C(C)(CN)Nc1ncc(Cl)cc1F. The van der Waals surface area contributed by atoms with Crippen molar-refractivity contribution in [3.05, 3.63) is 23.1 Å². The van der Waals surface area contributed by atoms with E-state index in [1.807, 2.05) is 20.8 Å². The predicted molar refractivity (Wildman–Crippen MR) is 65.1 cm³/mol. The Balaban J connectivity index is 2.95. The Morgan fingerprint density at radius 3 is 2.69 bits per heavy atom. The van der Waals surface area contributed by atoms with Crippen LogP contribution in [0.3, 0.4) is 0 Å². The molecule has 0 spiro atoms. The average molecular weight is 246 g/mol. The lowest BCUT2D eigenvalue weighted by atomic mass is 9.88. The molecular weight excluding hydrogens is 229 g/mol. The zero-order valence-electron chi connectivity index (χ0n) is 9.72. The number of hydrogen-bond acceptors (Lipinski definition) is 3. The monoisotopic (exact) mass is 245 g/mol. The van der Waals surface area contributed by atoms with Gasteiger partial charge in [0.05, 0.1) is 10.6 Å². The molecule has 1 unspecified atom stereocenters. The molecule has 90 valence electrons. The van der Waals surface area contributed by atoms with Gasteiger partial charge in [0.1, 0.15) is 0 Å². The molecular formula is C11H17ClFN3. The quantitative estimate of drug-likeness (QED) is 0.858. The predicted octanol–water partition coefficient (Wildman–Crippen LogP) is 2.66. The molecule has 3 nitrogen and oxygen atoms in total. The van der Waals surface area contributed by atoms with Crippen LogP contribution in [0.15, 0.2) is 12.3 Å². The second-order valence-corrected chi connectivity index (χ2v) is 4.82. The fourth-order valence-electron chi connectivity index (χ4n) is 1.21. The Bertz CT molecular complexity index is 370. The first kappa shape index (κ1) is 13.2. The third-order valence-electron chi connectivity index (χ3n) is 2.91. The molecule has 0 radical (unpaired) electrons. The minimum Gasteiger partial charge on any atom is -0.361 e. The Morgan fingerprint density at radius 2 is 2.25 bits per heavy atom. The van der Waals surface area contributed by atoms with Crippen molar-refractivity contribution in [2.45, 2.75) is 26.3 Å². The minimum atomic E-state index is -0.465. The highest BCUT2D eigenvalue weighted by Gasteiger charge is 2.27. The molecule has 5 heteroatoms. The number of hydrogen-bond donors (Lipinski definition) is 2. The molecule has 1 atom stereocenters. The van der Waals surface area contributed by atoms with Gasteiger partial charge in [-0.25, -0.2) is 9.37 Å². The number of nitrogens with zero attached hydrogens (tertiary/aromatic N) is 1. The lowest BCUT2D eigenvalue weighted by Gasteiger charge is -2.34. The van der Waals surface area contributed by atoms with E-state index in [1.165, 1.54) is 12.3 Å². The van der Waals surface area contributed by atoms with Crippen molar-refractivity contribution in [3.63, 3.8) is 0 Å². The topological polar surface area (TPSA) is 50.9 Å². The third-order valence-corrected chi connectivity index (χ3v) is 3.12. The molecule has 0 aliphatic heterocycles. The molecule has 1 aromatic heterocycles. The van der Waals surface area contributed by atoms with Crippen LogP contribution < -0.4 is 11.1 Å². The van der Waals surface area contributed by atoms with E-state index in [0.29, 0.717) is 6.54 Å².